The molecule has 0 saturated heterocycles. The zero-order valence-corrected chi connectivity index (χ0v) is 17.6. The van der Waals surface area contributed by atoms with Crippen molar-refractivity contribution in [3.63, 3.8) is 0 Å². The van der Waals surface area contributed by atoms with Crippen LogP contribution in [0.4, 0.5) is 4.79 Å². The second kappa shape index (κ2) is 8.54. The third kappa shape index (κ3) is 6.11. The number of nitrogens with one attached hydrogen (secondary N) is 1. The van der Waals surface area contributed by atoms with Gasteiger partial charge in [0.1, 0.15) is 0 Å². The molecule has 1 fully saturated rings. The van der Waals surface area contributed by atoms with E-state index in [1.807, 2.05) is 18.2 Å². The number of ether oxygens (including phenoxy) is 1. The highest BCUT2D eigenvalue weighted by Crippen LogP contribution is 2.46. The molecule has 0 aliphatic heterocycles. The first-order valence-electron chi connectivity index (χ1n) is 9.36. The molecule has 1 aromatic carbocycles. The van der Waals surface area contributed by atoms with Crippen LogP contribution in [0.1, 0.15) is 32.8 Å². The maximum absolute atomic E-state index is 10.9. The molecule has 0 bridgehead atoms. The van der Waals surface area contributed by atoms with Gasteiger partial charge in [-0.25, -0.2) is 4.79 Å². The van der Waals surface area contributed by atoms with Gasteiger partial charge in [-0.2, -0.15) is 0 Å². The predicted molar refractivity (Wildman–Crippen MR) is 106 cm³/mol. The Morgan fingerprint density at radius 3 is 2.54 bits per heavy atom. The molecule has 1 unspecified atom stereocenters. The first-order valence-corrected chi connectivity index (χ1v) is 12.3. The first kappa shape index (κ1) is 20.9. The van der Waals surface area contributed by atoms with Gasteiger partial charge in [0.15, 0.2) is 8.32 Å². The van der Waals surface area contributed by atoms with E-state index in [9.17, 15) is 4.79 Å². The summed E-state index contributed by atoms with van der Waals surface area (Å²) in [7, 11) is -1.95. The van der Waals surface area contributed by atoms with Gasteiger partial charge in [-0.3, -0.25) is 0 Å². The number of hydrogen-bond acceptors (Lipinski definition) is 3. The highest BCUT2D eigenvalue weighted by Gasteiger charge is 2.48. The third-order valence-electron chi connectivity index (χ3n) is 5.60. The molecule has 1 aliphatic carbocycles. The molecule has 0 radical (unpaired) electrons. The maximum atomic E-state index is 10.9. The summed E-state index contributed by atoms with van der Waals surface area (Å²) in [5, 5.41) is 11.6. The number of carbonyl (C=O) groups is 1. The topological polar surface area (TPSA) is 67.8 Å². The molecule has 0 spiro atoms. The Labute approximate surface area is 158 Å². The smallest absolute Gasteiger partial charge is 0.404 e. The summed E-state index contributed by atoms with van der Waals surface area (Å²) in [6, 6.07) is 10.1. The lowest BCUT2D eigenvalue weighted by molar-refractivity contribution is 0.0920. The van der Waals surface area contributed by atoms with Crippen LogP contribution in [0.3, 0.4) is 0 Å². The monoisotopic (exact) mass is 379 g/mol. The van der Waals surface area contributed by atoms with Crippen LogP contribution >= 0.6 is 0 Å². The van der Waals surface area contributed by atoms with Crippen LogP contribution in [0.25, 0.3) is 0 Å². The SMILES string of the molecule is CC(C)(C)[Si](C)(C)OC(CNC(=O)O)[C@H]1C[C@@H]1COCc1ccccc1. The van der Waals surface area contributed by atoms with Crippen molar-refractivity contribution in [3.05, 3.63) is 35.9 Å². The standard InChI is InChI=1S/C20H33NO4Si/c1-20(2,3)26(4,5)25-18(12-21-19(22)23)17-11-16(17)14-24-13-15-9-7-6-8-10-15/h6-10,16-18,21H,11-14H2,1-5H3,(H,22,23)/t16-,17+,18?/m1/s1. The highest BCUT2D eigenvalue weighted by atomic mass is 28.4. The summed E-state index contributed by atoms with van der Waals surface area (Å²) >= 11 is 0. The number of amides is 1. The molecular formula is C20H33NO4Si. The normalized spacial score (nSPS) is 21.3. The predicted octanol–water partition coefficient (Wildman–Crippen LogP) is 4.50. The highest BCUT2D eigenvalue weighted by molar-refractivity contribution is 6.74. The second-order valence-corrected chi connectivity index (χ2v) is 13.5. The van der Waals surface area contributed by atoms with Gasteiger partial charge in [0.05, 0.1) is 19.3 Å². The minimum absolute atomic E-state index is 0.0719. The van der Waals surface area contributed by atoms with E-state index >= 15 is 0 Å². The summed E-state index contributed by atoms with van der Waals surface area (Å²) in [6.07, 6.45) is -0.0290. The van der Waals surface area contributed by atoms with E-state index in [0.29, 0.717) is 31.6 Å². The third-order valence-corrected chi connectivity index (χ3v) is 10.1. The Morgan fingerprint density at radius 2 is 1.96 bits per heavy atom. The van der Waals surface area contributed by atoms with E-state index in [2.05, 4.69) is 51.3 Å². The van der Waals surface area contributed by atoms with E-state index in [1.54, 1.807) is 0 Å². The molecule has 1 aliphatic rings. The zero-order valence-electron chi connectivity index (χ0n) is 16.6. The van der Waals surface area contributed by atoms with Gasteiger partial charge in [-0.1, -0.05) is 51.1 Å². The maximum Gasteiger partial charge on any atom is 0.404 e. The quantitative estimate of drug-likeness (QED) is 0.620. The number of benzene rings is 1. The van der Waals surface area contributed by atoms with E-state index in [4.69, 9.17) is 14.3 Å². The van der Waals surface area contributed by atoms with E-state index in [-0.39, 0.29) is 11.1 Å². The molecule has 6 heteroatoms. The zero-order chi connectivity index (χ0) is 19.4. The van der Waals surface area contributed by atoms with Crippen LogP contribution in [0.5, 0.6) is 0 Å². The molecule has 2 rings (SSSR count). The largest absolute Gasteiger partial charge is 0.465 e. The number of rotatable bonds is 9. The minimum Gasteiger partial charge on any atom is -0.465 e. The van der Waals surface area contributed by atoms with Crippen molar-refractivity contribution in [1.82, 2.24) is 5.32 Å². The van der Waals surface area contributed by atoms with Crippen LogP contribution < -0.4 is 5.32 Å². The van der Waals surface area contributed by atoms with Crippen molar-refractivity contribution in [1.29, 1.82) is 0 Å². The van der Waals surface area contributed by atoms with Crippen molar-refractivity contribution < 1.29 is 19.1 Å². The fourth-order valence-corrected chi connectivity index (χ4v) is 4.21. The fraction of sp³-hybridized carbons (Fsp3) is 0.650. The van der Waals surface area contributed by atoms with Crippen LogP contribution in [-0.2, 0) is 15.8 Å². The molecule has 0 aromatic heterocycles. The van der Waals surface area contributed by atoms with Gasteiger partial charge >= 0.3 is 6.09 Å². The number of carboxylic acid groups (broad SMARTS) is 1. The van der Waals surface area contributed by atoms with Gasteiger partial charge in [0, 0.05) is 6.54 Å². The molecule has 26 heavy (non-hydrogen) atoms. The molecular weight excluding hydrogens is 346 g/mol. The van der Waals surface area contributed by atoms with Crippen molar-refractivity contribution in [2.45, 2.75) is 58.0 Å². The Bertz CT molecular complexity index is 585. The van der Waals surface area contributed by atoms with Gasteiger partial charge < -0.3 is 19.6 Å². The second-order valence-electron chi connectivity index (χ2n) is 8.76. The summed E-state index contributed by atoms with van der Waals surface area (Å²) in [4.78, 5) is 10.9. The summed E-state index contributed by atoms with van der Waals surface area (Å²) in [5.74, 6) is 0.816. The Kier molecular flexibility index (Phi) is 6.88. The Hall–Kier alpha value is -1.37. The fourth-order valence-electron chi connectivity index (χ4n) is 2.84. The van der Waals surface area contributed by atoms with Crippen LogP contribution in [0.15, 0.2) is 30.3 Å². The van der Waals surface area contributed by atoms with Gasteiger partial charge in [-0.05, 0) is 42.0 Å². The molecule has 3 atom stereocenters. The van der Waals surface area contributed by atoms with Crippen molar-refractivity contribution in [3.8, 4) is 0 Å². The summed E-state index contributed by atoms with van der Waals surface area (Å²) in [6.45, 7) is 12.7. The molecule has 5 nitrogen and oxygen atoms in total. The van der Waals surface area contributed by atoms with E-state index < -0.39 is 14.4 Å². The lowest BCUT2D eigenvalue weighted by atomic mass is 10.2. The van der Waals surface area contributed by atoms with Crippen LogP contribution in [0, 0.1) is 11.8 Å². The lowest BCUT2D eigenvalue weighted by Crippen LogP contribution is -2.48. The molecule has 2 N–H and O–H groups in total. The van der Waals surface area contributed by atoms with Crippen molar-refractivity contribution >= 4 is 14.4 Å². The Balaban J connectivity index is 1.87. The Morgan fingerprint density at radius 1 is 1.31 bits per heavy atom. The number of hydrogen-bond donors (Lipinski definition) is 2. The van der Waals surface area contributed by atoms with Crippen LogP contribution in [0.2, 0.25) is 18.1 Å². The molecule has 0 heterocycles. The lowest BCUT2D eigenvalue weighted by Gasteiger charge is -2.39. The van der Waals surface area contributed by atoms with Crippen LogP contribution in [-0.4, -0.2) is 38.8 Å². The van der Waals surface area contributed by atoms with Gasteiger partial charge in [0.25, 0.3) is 0 Å². The van der Waals surface area contributed by atoms with Gasteiger partial charge in [-0.15, -0.1) is 0 Å². The molecule has 1 aromatic rings. The van der Waals surface area contributed by atoms with Gasteiger partial charge in [0.2, 0.25) is 0 Å². The molecule has 146 valence electrons. The summed E-state index contributed by atoms with van der Waals surface area (Å²) in [5.41, 5.74) is 1.17. The average molecular weight is 380 g/mol. The molecule has 1 saturated carbocycles. The van der Waals surface area contributed by atoms with E-state index in [1.165, 1.54) is 5.56 Å². The van der Waals surface area contributed by atoms with E-state index in [0.717, 1.165) is 6.42 Å². The van der Waals surface area contributed by atoms with Crippen molar-refractivity contribution in [2.24, 2.45) is 11.8 Å². The average Bonchev–Trinajstić information content (AvgIpc) is 3.30. The first-order chi connectivity index (χ1) is 12.1. The molecule has 1 amide bonds. The summed E-state index contributed by atoms with van der Waals surface area (Å²) < 4.78 is 12.4. The minimum atomic E-state index is -1.95. The van der Waals surface area contributed by atoms with Crippen molar-refractivity contribution in [2.75, 3.05) is 13.2 Å².